The van der Waals surface area contributed by atoms with E-state index in [-0.39, 0.29) is 12.0 Å². The van der Waals surface area contributed by atoms with Crippen molar-refractivity contribution >= 4 is 28.4 Å². The Bertz CT molecular complexity index is 752. The highest BCUT2D eigenvalue weighted by molar-refractivity contribution is 6.35. The third-order valence-corrected chi connectivity index (χ3v) is 5.27. The van der Waals surface area contributed by atoms with Gasteiger partial charge in [-0.05, 0) is 24.5 Å². The average molecular weight is 348 g/mol. The molecule has 0 unspecified atom stereocenters. The summed E-state index contributed by atoms with van der Waals surface area (Å²) < 4.78 is 5.54. The van der Waals surface area contributed by atoms with Crippen LogP contribution in [0, 0.1) is 0 Å². The van der Waals surface area contributed by atoms with E-state index in [4.69, 9.17) is 16.3 Å². The summed E-state index contributed by atoms with van der Waals surface area (Å²) >= 11 is 6.28. The number of para-hydroxylation sites is 1. The fraction of sp³-hybridized carbons (Fsp3) is 0.500. The Morgan fingerprint density at radius 2 is 2.38 bits per heavy atom. The molecule has 2 N–H and O–H groups in total. The van der Waals surface area contributed by atoms with E-state index in [0.717, 1.165) is 49.5 Å². The van der Waals surface area contributed by atoms with Crippen molar-refractivity contribution in [2.45, 2.75) is 31.9 Å². The Hall–Kier alpha value is -1.56. The topological polar surface area (TPSA) is 57.4 Å². The summed E-state index contributed by atoms with van der Waals surface area (Å²) in [5.74, 6) is 0.0758. The first-order valence-corrected chi connectivity index (χ1v) is 8.97. The lowest BCUT2D eigenvalue weighted by Crippen LogP contribution is -2.41. The van der Waals surface area contributed by atoms with Crippen molar-refractivity contribution in [3.63, 3.8) is 0 Å². The Morgan fingerprint density at radius 3 is 3.21 bits per heavy atom. The third kappa shape index (κ3) is 3.16. The number of benzene rings is 1. The van der Waals surface area contributed by atoms with Gasteiger partial charge in [0.05, 0.1) is 23.2 Å². The molecule has 0 aliphatic carbocycles. The molecule has 4 rings (SSSR count). The highest BCUT2D eigenvalue weighted by atomic mass is 35.5. The number of hydrogen-bond donors (Lipinski definition) is 2. The van der Waals surface area contributed by atoms with Gasteiger partial charge >= 0.3 is 0 Å². The molecule has 0 radical (unpaired) electrons. The molecule has 1 amide bonds. The number of nitrogens with one attached hydrogen (secondary N) is 2. The van der Waals surface area contributed by atoms with Crippen LogP contribution < -0.4 is 5.32 Å². The zero-order valence-electron chi connectivity index (χ0n) is 13.6. The van der Waals surface area contributed by atoms with Gasteiger partial charge in [0, 0.05) is 43.7 Å². The molecule has 1 saturated heterocycles. The summed E-state index contributed by atoms with van der Waals surface area (Å²) in [7, 11) is 0. The van der Waals surface area contributed by atoms with Crippen molar-refractivity contribution in [2.75, 3.05) is 26.2 Å². The van der Waals surface area contributed by atoms with E-state index in [2.05, 4.69) is 21.3 Å². The summed E-state index contributed by atoms with van der Waals surface area (Å²) in [6.45, 7) is 3.53. The SMILES string of the molecule is O=C(CN1CCc2[nH]c3c(Cl)cccc3c2C1)NC[C@@H]1CCCO1. The number of nitrogens with zero attached hydrogens (tertiary/aromatic N) is 1. The van der Waals surface area contributed by atoms with Crippen molar-refractivity contribution in [3.8, 4) is 0 Å². The zero-order valence-corrected chi connectivity index (χ0v) is 14.4. The van der Waals surface area contributed by atoms with Crippen molar-refractivity contribution in [2.24, 2.45) is 0 Å². The molecule has 1 aromatic carbocycles. The number of ether oxygens (including phenoxy) is 1. The van der Waals surface area contributed by atoms with Gasteiger partial charge in [-0.25, -0.2) is 0 Å². The second kappa shape index (κ2) is 6.75. The molecule has 1 fully saturated rings. The first-order chi connectivity index (χ1) is 11.7. The number of aromatic nitrogens is 1. The van der Waals surface area contributed by atoms with Gasteiger partial charge in [0.2, 0.25) is 5.91 Å². The molecule has 0 bridgehead atoms. The van der Waals surface area contributed by atoms with Crippen molar-refractivity contribution in [1.82, 2.24) is 15.2 Å². The minimum Gasteiger partial charge on any atom is -0.376 e. The second-order valence-electron chi connectivity index (χ2n) is 6.64. The van der Waals surface area contributed by atoms with E-state index >= 15 is 0 Å². The fourth-order valence-corrected chi connectivity index (χ4v) is 3.91. The third-order valence-electron chi connectivity index (χ3n) is 4.96. The monoisotopic (exact) mass is 347 g/mol. The molecule has 128 valence electrons. The largest absolute Gasteiger partial charge is 0.376 e. The van der Waals surface area contributed by atoms with Gasteiger partial charge in [0.25, 0.3) is 0 Å². The van der Waals surface area contributed by atoms with Gasteiger partial charge in [0.1, 0.15) is 0 Å². The zero-order chi connectivity index (χ0) is 16.5. The molecule has 2 aliphatic heterocycles. The van der Waals surface area contributed by atoms with Gasteiger partial charge in [-0.15, -0.1) is 0 Å². The molecule has 0 spiro atoms. The van der Waals surface area contributed by atoms with Crippen LogP contribution in [-0.2, 0) is 22.5 Å². The molecule has 0 saturated carbocycles. The van der Waals surface area contributed by atoms with Crippen LogP contribution in [-0.4, -0.2) is 48.1 Å². The molecular weight excluding hydrogens is 326 g/mol. The van der Waals surface area contributed by atoms with Crippen LogP contribution in [0.5, 0.6) is 0 Å². The minimum atomic E-state index is 0.0758. The molecule has 3 heterocycles. The number of H-pyrrole nitrogens is 1. The van der Waals surface area contributed by atoms with Crippen LogP contribution in [0.1, 0.15) is 24.1 Å². The maximum absolute atomic E-state index is 12.2. The Labute approximate surface area is 146 Å². The number of rotatable bonds is 4. The molecule has 6 heteroatoms. The summed E-state index contributed by atoms with van der Waals surface area (Å²) in [5, 5.41) is 4.92. The highest BCUT2D eigenvalue weighted by Gasteiger charge is 2.23. The van der Waals surface area contributed by atoms with Gasteiger partial charge in [-0.3, -0.25) is 9.69 Å². The number of hydrogen-bond acceptors (Lipinski definition) is 3. The smallest absolute Gasteiger partial charge is 0.234 e. The lowest BCUT2D eigenvalue weighted by molar-refractivity contribution is -0.123. The van der Waals surface area contributed by atoms with E-state index in [1.165, 1.54) is 16.6 Å². The predicted molar refractivity (Wildman–Crippen MR) is 94.3 cm³/mol. The van der Waals surface area contributed by atoms with Crippen molar-refractivity contribution in [3.05, 3.63) is 34.5 Å². The Balaban J connectivity index is 1.39. The van der Waals surface area contributed by atoms with E-state index in [1.807, 2.05) is 12.1 Å². The molecule has 2 aliphatic rings. The summed E-state index contributed by atoms with van der Waals surface area (Å²) in [6, 6.07) is 5.98. The Kier molecular flexibility index (Phi) is 4.48. The van der Waals surface area contributed by atoms with Gasteiger partial charge < -0.3 is 15.0 Å². The van der Waals surface area contributed by atoms with Crippen molar-refractivity contribution < 1.29 is 9.53 Å². The predicted octanol–water partition coefficient (Wildman–Crippen LogP) is 2.47. The van der Waals surface area contributed by atoms with Gasteiger partial charge in [-0.2, -0.15) is 0 Å². The van der Waals surface area contributed by atoms with E-state index < -0.39 is 0 Å². The van der Waals surface area contributed by atoms with E-state index in [0.29, 0.717) is 13.1 Å². The van der Waals surface area contributed by atoms with Crippen molar-refractivity contribution in [1.29, 1.82) is 0 Å². The van der Waals surface area contributed by atoms with Crippen LogP contribution in [0.3, 0.4) is 0 Å². The van der Waals surface area contributed by atoms with E-state index in [9.17, 15) is 4.79 Å². The number of aromatic amines is 1. The maximum Gasteiger partial charge on any atom is 0.234 e. The van der Waals surface area contributed by atoms with Crippen LogP contribution >= 0.6 is 11.6 Å². The highest BCUT2D eigenvalue weighted by Crippen LogP contribution is 2.31. The first-order valence-electron chi connectivity index (χ1n) is 8.59. The van der Waals surface area contributed by atoms with Crippen LogP contribution in [0.15, 0.2) is 18.2 Å². The quantitative estimate of drug-likeness (QED) is 0.893. The number of carbonyl (C=O) groups is 1. The van der Waals surface area contributed by atoms with Gasteiger partial charge in [-0.1, -0.05) is 23.7 Å². The number of carbonyl (C=O) groups excluding carboxylic acids is 1. The first kappa shape index (κ1) is 15.9. The van der Waals surface area contributed by atoms with E-state index in [1.54, 1.807) is 0 Å². The summed E-state index contributed by atoms with van der Waals surface area (Å²) in [6.07, 6.45) is 3.25. The number of amides is 1. The van der Waals surface area contributed by atoms with Crippen LogP contribution in [0.2, 0.25) is 5.02 Å². The molecule has 24 heavy (non-hydrogen) atoms. The summed E-state index contributed by atoms with van der Waals surface area (Å²) in [4.78, 5) is 17.8. The van der Waals surface area contributed by atoms with Gasteiger partial charge in [0.15, 0.2) is 0 Å². The number of fused-ring (bicyclic) bond motifs is 3. The van der Waals surface area contributed by atoms with Crippen LogP contribution in [0.25, 0.3) is 10.9 Å². The average Bonchev–Trinajstić information content (AvgIpc) is 3.21. The molecule has 1 aromatic heterocycles. The lowest BCUT2D eigenvalue weighted by Gasteiger charge is -2.26. The summed E-state index contributed by atoms with van der Waals surface area (Å²) in [5.41, 5.74) is 3.52. The Morgan fingerprint density at radius 1 is 1.46 bits per heavy atom. The normalized spacial score (nSPS) is 21.1. The van der Waals surface area contributed by atoms with Crippen LogP contribution in [0.4, 0.5) is 0 Å². The molecule has 2 aromatic rings. The maximum atomic E-state index is 12.2. The number of halogens is 1. The molecular formula is C18H22ClN3O2. The lowest BCUT2D eigenvalue weighted by atomic mass is 10.0. The minimum absolute atomic E-state index is 0.0758. The molecule has 5 nitrogen and oxygen atoms in total. The second-order valence-corrected chi connectivity index (χ2v) is 7.05. The standard InChI is InChI=1S/C18H22ClN3O2/c19-15-5-1-4-13-14-10-22(7-6-16(14)21-18(13)15)11-17(23)20-9-12-3-2-8-24-12/h1,4-5,12,21H,2-3,6-11H2,(H,20,23)/t12-/m0/s1. The fourth-order valence-electron chi connectivity index (χ4n) is 3.69. The molecule has 1 atom stereocenters.